The Bertz CT molecular complexity index is 570. The van der Waals surface area contributed by atoms with Crippen LogP contribution in [0.5, 0.6) is 0 Å². The molecule has 9 nitrogen and oxygen atoms in total. The number of hydrogen-bond donors (Lipinski definition) is 3. The monoisotopic (exact) mass is 309 g/mol. The summed E-state index contributed by atoms with van der Waals surface area (Å²) < 4.78 is 9.21. The minimum atomic E-state index is -0.912. The molecular weight excluding hydrogens is 294 g/mol. The van der Waals surface area contributed by atoms with Crippen molar-refractivity contribution in [2.75, 3.05) is 18.5 Å². The number of nitrogens with two attached hydrogens (primary N) is 1. The summed E-state index contributed by atoms with van der Waals surface area (Å²) in [5.74, 6) is -1.57. The summed E-state index contributed by atoms with van der Waals surface area (Å²) in [5, 5.41) is 4.21. The van der Waals surface area contributed by atoms with Crippen LogP contribution in [-0.2, 0) is 14.3 Å². The Hall–Kier alpha value is -3.10. The first-order chi connectivity index (χ1) is 10.4. The van der Waals surface area contributed by atoms with Crippen LogP contribution < -0.4 is 16.4 Å². The molecule has 1 aromatic rings. The van der Waals surface area contributed by atoms with Crippen LogP contribution in [0.4, 0.5) is 15.3 Å². The van der Waals surface area contributed by atoms with Gasteiger partial charge in [0.2, 0.25) is 0 Å². The van der Waals surface area contributed by atoms with E-state index in [0.29, 0.717) is 5.69 Å². The maximum absolute atomic E-state index is 11.7. The lowest BCUT2D eigenvalue weighted by Gasteiger charge is -2.06. The van der Waals surface area contributed by atoms with Gasteiger partial charge in [0.15, 0.2) is 6.61 Å². The number of ether oxygens (including phenoxy) is 2. The fraction of sp³-hybridized carbons (Fsp3) is 0.231. The minimum Gasteiger partial charge on any atom is -0.452 e. The molecule has 0 saturated heterocycles. The molecule has 0 aliphatic carbocycles. The summed E-state index contributed by atoms with van der Waals surface area (Å²) in [5.41, 5.74) is 5.51. The third kappa shape index (κ3) is 5.90. The third-order valence-electron chi connectivity index (χ3n) is 2.24. The molecule has 1 aromatic carbocycles. The van der Waals surface area contributed by atoms with Crippen LogP contribution in [0, 0.1) is 0 Å². The number of benzene rings is 1. The number of carbonyl (C=O) groups is 4. The molecule has 118 valence electrons. The highest BCUT2D eigenvalue weighted by molar-refractivity contribution is 5.96. The average molecular weight is 309 g/mol. The van der Waals surface area contributed by atoms with Crippen LogP contribution in [0.3, 0.4) is 0 Å². The van der Waals surface area contributed by atoms with Crippen LogP contribution in [-0.4, -0.2) is 37.2 Å². The van der Waals surface area contributed by atoms with E-state index in [4.69, 9.17) is 10.5 Å². The summed E-state index contributed by atoms with van der Waals surface area (Å²) in [6, 6.07) is 4.93. The van der Waals surface area contributed by atoms with Crippen LogP contribution in [0.25, 0.3) is 0 Å². The van der Waals surface area contributed by atoms with E-state index in [1.165, 1.54) is 24.3 Å². The molecule has 0 unspecified atom stereocenters. The number of nitrogens with one attached hydrogen (secondary N) is 2. The molecule has 4 amide bonds. The number of imide groups is 1. The van der Waals surface area contributed by atoms with Gasteiger partial charge in [-0.05, 0) is 31.2 Å². The summed E-state index contributed by atoms with van der Waals surface area (Å²) in [6.07, 6.45) is -0.912. The lowest BCUT2D eigenvalue weighted by atomic mass is 10.2. The maximum atomic E-state index is 11.7. The highest BCUT2D eigenvalue weighted by Gasteiger charge is 2.13. The van der Waals surface area contributed by atoms with E-state index in [2.05, 4.69) is 10.1 Å². The predicted molar refractivity (Wildman–Crippen MR) is 75.1 cm³/mol. The standard InChI is InChI=1S/C13H15N3O6/c1-2-21-13(20)16-10(17)7-22-11(18)8-3-5-9(6-4-8)15-12(14)19/h3-6H,2,7H2,1H3,(H3,14,15,19)(H,16,17,20). The minimum absolute atomic E-state index is 0.116. The van der Waals surface area contributed by atoms with Gasteiger partial charge in [-0.1, -0.05) is 0 Å². The largest absolute Gasteiger partial charge is 0.452 e. The van der Waals surface area contributed by atoms with E-state index < -0.39 is 30.6 Å². The maximum Gasteiger partial charge on any atom is 0.413 e. The second-order valence-electron chi connectivity index (χ2n) is 3.91. The van der Waals surface area contributed by atoms with Crippen LogP contribution >= 0.6 is 0 Å². The van der Waals surface area contributed by atoms with Gasteiger partial charge >= 0.3 is 18.1 Å². The van der Waals surface area contributed by atoms with Gasteiger partial charge in [0, 0.05) is 5.69 Å². The van der Waals surface area contributed by atoms with Crippen molar-refractivity contribution in [1.82, 2.24) is 5.32 Å². The van der Waals surface area contributed by atoms with Gasteiger partial charge in [0.05, 0.1) is 12.2 Å². The summed E-state index contributed by atoms with van der Waals surface area (Å²) in [4.78, 5) is 44.5. The van der Waals surface area contributed by atoms with Gasteiger partial charge in [0.25, 0.3) is 5.91 Å². The lowest BCUT2D eigenvalue weighted by Crippen LogP contribution is -2.34. The van der Waals surface area contributed by atoms with Crippen LogP contribution in [0.15, 0.2) is 24.3 Å². The highest BCUT2D eigenvalue weighted by Crippen LogP contribution is 2.10. The quantitative estimate of drug-likeness (QED) is 0.681. The van der Waals surface area contributed by atoms with Crippen molar-refractivity contribution >= 4 is 29.7 Å². The molecular formula is C13H15N3O6. The molecule has 0 saturated carbocycles. The first-order valence-electron chi connectivity index (χ1n) is 6.22. The topological polar surface area (TPSA) is 137 Å². The molecule has 22 heavy (non-hydrogen) atoms. The SMILES string of the molecule is CCOC(=O)NC(=O)COC(=O)c1ccc(NC(N)=O)cc1. The lowest BCUT2D eigenvalue weighted by molar-refractivity contribution is -0.123. The highest BCUT2D eigenvalue weighted by atomic mass is 16.6. The summed E-state index contributed by atoms with van der Waals surface area (Å²) in [6.45, 7) is 1.07. The number of esters is 1. The summed E-state index contributed by atoms with van der Waals surface area (Å²) >= 11 is 0. The van der Waals surface area contributed by atoms with E-state index >= 15 is 0 Å². The molecule has 0 spiro atoms. The second kappa shape index (κ2) is 8.25. The first-order valence-corrected chi connectivity index (χ1v) is 6.22. The number of alkyl carbamates (subject to hydrolysis) is 1. The van der Waals surface area contributed by atoms with Gasteiger partial charge in [-0.25, -0.2) is 14.4 Å². The molecule has 1 rings (SSSR count). The van der Waals surface area contributed by atoms with Crippen molar-refractivity contribution in [2.24, 2.45) is 5.73 Å². The van der Waals surface area contributed by atoms with Crippen molar-refractivity contribution in [2.45, 2.75) is 6.92 Å². The molecule has 9 heteroatoms. The zero-order valence-corrected chi connectivity index (χ0v) is 11.8. The Morgan fingerprint density at radius 2 is 1.73 bits per heavy atom. The van der Waals surface area contributed by atoms with Gasteiger partial charge in [-0.3, -0.25) is 10.1 Å². The van der Waals surface area contributed by atoms with E-state index in [1.807, 2.05) is 5.32 Å². The zero-order valence-electron chi connectivity index (χ0n) is 11.8. The molecule has 0 heterocycles. The molecule has 0 bridgehead atoms. The van der Waals surface area contributed by atoms with E-state index in [9.17, 15) is 19.2 Å². The average Bonchev–Trinajstić information content (AvgIpc) is 2.45. The normalized spacial score (nSPS) is 9.50. The van der Waals surface area contributed by atoms with E-state index in [-0.39, 0.29) is 12.2 Å². The Morgan fingerprint density at radius 3 is 2.27 bits per heavy atom. The molecule has 0 fully saturated rings. The van der Waals surface area contributed by atoms with Crippen LogP contribution in [0.2, 0.25) is 0 Å². The van der Waals surface area contributed by atoms with Crippen molar-refractivity contribution in [3.63, 3.8) is 0 Å². The fourth-order valence-electron chi connectivity index (χ4n) is 1.36. The number of amides is 4. The van der Waals surface area contributed by atoms with Crippen molar-refractivity contribution < 1.29 is 28.7 Å². The number of primary amides is 1. The number of anilines is 1. The number of carbonyl (C=O) groups excluding carboxylic acids is 4. The Labute approximate surface area is 125 Å². The molecule has 0 aliphatic heterocycles. The van der Waals surface area contributed by atoms with Gasteiger partial charge in [-0.2, -0.15) is 0 Å². The predicted octanol–water partition coefficient (Wildman–Crippen LogP) is 0.607. The molecule has 0 aromatic heterocycles. The number of rotatable bonds is 5. The fourth-order valence-corrected chi connectivity index (χ4v) is 1.36. The first kappa shape index (κ1) is 17.0. The third-order valence-corrected chi connectivity index (χ3v) is 2.24. The molecule has 0 radical (unpaired) electrons. The molecule has 0 atom stereocenters. The number of hydrogen-bond acceptors (Lipinski definition) is 6. The van der Waals surface area contributed by atoms with E-state index in [1.54, 1.807) is 6.92 Å². The smallest absolute Gasteiger partial charge is 0.413 e. The van der Waals surface area contributed by atoms with Gasteiger partial charge < -0.3 is 20.5 Å². The van der Waals surface area contributed by atoms with E-state index in [0.717, 1.165) is 0 Å². The van der Waals surface area contributed by atoms with Crippen molar-refractivity contribution in [3.05, 3.63) is 29.8 Å². The van der Waals surface area contributed by atoms with Crippen molar-refractivity contribution in [1.29, 1.82) is 0 Å². The molecule has 0 aliphatic rings. The van der Waals surface area contributed by atoms with Crippen LogP contribution in [0.1, 0.15) is 17.3 Å². The Balaban J connectivity index is 2.46. The molecule has 4 N–H and O–H groups in total. The van der Waals surface area contributed by atoms with Gasteiger partial charge in [-0.15, -0.1) is 0 Å². The Kier molecular flexibility index (Phi) is 6.35. The Morgan fingerprint density at radius 1 is 1.09 bits per heavy atom. The number of urea groups is 1. The second-order valence-corrected chi connectivity index (χ2v) is 3.91. The summed E-state index contributed by atoms with van der Waals surface area (Å²) in [7, 11) is 0. The van der Waals surface area contributed by atoms with Crippen molar-refractivity contribution in [3.8, 4) is 0 Å². The van der Waals surface area contributed by atoms with Gasteiger partial charge in [0.1, 0.15) is 0 Å². The zero-order chi connectivity index (χ0) is 16.5.